The van der Waals surface area contributed by atoms with Gasteiger partial charge in [0, 0.05) is 12.2 Å². The number of imide groups is 1. The molecule has 0 aromatic heterocycles. The third kappa shape index (κ3) is 1.58. The molecule has 0 spiro atoms. The van der Waals surface area contributed by atoms with E-state index in [1.165, 1.54) is 19.3 Å². The quantitative estimate of drug-likeness (QED) is 0.704. The first kappa shape index (κ1) is 10.4. The van der Waals surface area contributed by atoms with Crippen molar-refractivity contribution in [3.8, 4) is 5.75 Å². The Balaban J connectivity index is 2.51. The molecule has 0 fully saturated rings. The van der Waals surface area contributed by atoms with Crippen molar-refractivity contribution >= 4 is 17.5 Å². The molecule has 0 atom stereocenters. The summed E-state index contributed by atoms with van der Waals surface area (Å²) >= 11 is 0. The van der Waals surface area contributed by atoms with Gasteiger partial charge in [-0.2, -0.15) is 0 Å². The van der Waals surface area contributed by atoms with Gasteiger partial charge < -0.3 is 4.74 Å². The van der Waals surface area contributed by atoms with Crippen LogP contribution in [0.2, 0.25) is 0 Å². The van der Waals surface area contributed by atoms with Crippen LogP contribution in [-0.4, -0.2) is 18.9 Å². The maximum atomic E-state index is 11.5. The molecule has 2 rings (SSSR count). The number of anilines is 1. The van der Waals surface area contributed by atoms with Gasteiger partial charge in [0.1, 0.15) is 5.75 Å². The van der Waals surface area contributed by atoms with Gasteiger partial charge in [-0.05, 0) is 24.6 Å². The first-order valence-electron chi connectivity index (χ1n) is 4.84. The van der Waals surface area contributed by atoms with Gasteiger partial charge >= 0.3 is 0 Å². The highest BCUT2D eigenvalue weighted by molar-refractivity contribution is 6.28. The van der Waals surface area contributed by atoms with E-state index in [2.05, 4.69) is 0 Å². The molecule has 16 heavy (non-hydrogen) atoms. The zero-order valence-corrected chi connectivity index (χ0v) is 9.06. The molecule has 82 valence electrons. The van der Waals surface area contributed by atoms with Crippen LogP contribution < -0.4 is 9.64 Å². The van der Waals surface area contributed by atoms with E-state index < -0.39 is 0 Å². The molecule has 1 aliphatic heterocycles. The lowest BCUT2D eigenvalue weighted by molar-refractivity contribution is -0.120. The number of carbonyl (C=O) groups is 2. The van der Waals surface area contributed by atoms with E-state index in [0.717, 1.165) is 10.5 Å². The summed E-state index contributed by atoms with van der Waals surface area (Å²) in [6, 6.07) is 5.35. The fourth-order valence-corrected chi connectivity index (χ4v) is 1.61. The van der Waals surface area contributed by atoms with Crippen molar-refractivity contribution in [2.75, 3.05) is 12.0 Å². The summed E-state index contributed by atoms with van der Waals surface area (Å²) < 4.78 is 5.14. The van der Waals surface area contributed by atoms with E-state index in [1.54, 1.807) is 12.1 Å². The fraction of sp³-hybridized carbons (Fsp3) is 0.167. The normalized spacial score (nSPS) is 14.8. The number of aryl methyl sites for hydroxylation is 1. The van der Waals surface area contributed by atoms with Crippen LogP contribution in [0.3, 0.4) is 0 Å². The number of hydrogen-bond donors (Lipinski definition) is 0. The Bertz CT molecular complexity index is 473. The maximum Gasteiger partial charge on any atom is 0.258 e. The molecule has 2 amide bonds. The second-order valence-corrected chi connectivity index (χ2v) is 3.52. The van der Waals surface area contributed by atoms with Gasteiger partial charge in [0.2, 0.25) is 0 Å². The molecule has 0 aliphatic carbocycles. The predicted octanol–water partition coefficient (Wildman–Crippen LogP) is 1.43. The Morgan fingerprint density at radius 2 is 1.75 bits per heavy atom. The van der Waals surface area contributed by atoms with Crippen molar-refractivity contribution in [2.24, 2.45) is 0 Å². The second kappa shape index (κ2) is 3.81. The lowest BCUT2D eigenvalue weighted by Gasteiger charge is -2.17. The first-order valence-corrected chi connectivity index (χ1v) is 4.84. The van der Waals surface area contributed by atoms with Crippen LogP contribution in [0.15, 0.2) is 30.4 Å². The van der Waals surface area contributed by atoms with Crippen LogP contribution in [0, 0.1) is 6.92 Å². The molecule has 0 radical (unpaired) electrons. The van der Waals surface area contributed by atoms with Crippen molar-refractivity contribution in [3.63, 3.8) is 0 Å². The summed E-state index contributed by atoms with van der Waals surface area (Å²) in [5, 5.41) is 0. The number of nitrogens with zero attached hydrogens (tertiary/aromatic N) is 1. The molecule has 0 N–H and O–H groups in total. The maximum absolute atomic E-state index is 11.5. The molecule has 0 bridgehead atoms. The standard InChI is InChI=1S/C12H11NO3/c1-8-3-4-10(16-2)9(7-8)13-11(14)5-6-12(13)15/h3-7H,1-2H3. The zero-order valence-electron chi connectivity index (χ0n) is 9.06. The summed E-state index contributed by atoms with van der Waals surface area (Å²) in [5.41, 5.74) is 1.45. The minimum Gasteiger partial charge on any atom is -0.495 e. The van der Waals surface area contributed by atoms with E-state index in [1.807, 2.05) is 13.0 Å². The number of ether oxygens (including phenoxy) is 1. The molecule has 1 heterocycles. The third-order valence-electron chi connectivity index (χ3n) is 2.38. The molecular formula is C12H11NO3. The highest BCUT2D eigenvalue weighted by Crippen LogP contribution is 2.31. The van der Waals surface area contributed by atoms with Gasteiger partial charge in [-0.1, -0.05) is 6.07 Å². The lowest BCUT2D eigenvalue weighted by Crippen LogP contribution is -2.29. The summed E-state index contributed by atoms with van der Waals surface area (Å²) in [4.78, 5) is 24.2. The fourth-order valence-electron chi connectivity index (χ4n) is 1.61. The minimum atomic E-state index is -0.339. The number of amides is 2. The van der Waals surface area contributed by atoms with Crippen LogP contribution in [0.4, 0.5) is 5.69 Å². The van der Waals surface area contributed by atoms with E-state index in [4.69, 9.17) is 4.74 Å². The highest BCUT2D eigenvalue weighted by atomic mass is 16.5. The Kier molecular flexibility index (Phi) is 2.48. The van der Waals surface area contributed by atoms with E-state index in [0.29, 0.717) is 11.4 Å². The topological polar surface area (TPSA) is 46.6 Å². The summed E-state index contributed by atoms with van der Waals surface area (Å²) in [6.07, 6.45) is 2.51. The van der Waals surface area contributed by atoms with Gasteiger partial charge in [0.05, 0.1) is 12.8 Å². The number of hydrogen-bond acceptors (Lipinski definition) is 3. The number of rotatable bonds is 2. The second-order valence-electron chi connectivity index (χ2n) is 3.52. The highest BCUT2D eigenvalue weighted by Gasteiger charge is 2.27. The zero-order chi connectivity index (χ0) is 11.7. The monoisotopic (exact) mass is 217 g/mol. The number of carbonyl (C=O) groups excluding carboxylic acids is 2. The van der Waals surface area contributed by atoms with Crippen LogP contribution in [0.25, 0.3) is 0 Å². The molecule has 1 aromatic rings. The molecular weight excluding hydrogens is 206 g/mol. The molecule has 0 saturated carbocycles. The Morgan fingerprint density at radius 1 is 1.12 bits per heavy atom. The van der Waals surface area contributed by atoms with E-state index in [9.17, 15) is 9.59 Å². The lowest BCUT2D eigenvalue weighted by atomic mass is 10.2. The van der Waals surface area contributed by atoms with Crippen molar-refractivity contribution < 1.29 is 14.3 Å². The molecule has 4 nitrogen and oxygen atoms in total. The van der Waals surface area contributed by atoms with Crippen molar-refractivity contribution in [1.29, 1.82) is 0 Å². The Labute approximate surface area is 93.1 Å². The van der Waals surface area contributed by atoms with Crippen molar-refractivity contribution in [2.45, 2.75) is 6.92 Å². The SMILES string of the molecule is COc1ccc(C)cc1N1C(=O)C=CC1=O. The van der Waals surface area contributed by atoms with Crippen LogP contribution >= 0.6 is 0 Å². The molecule has 0 saturated heterocycles. The van der Waals surface area contributed by atoms with Gasteiger partial charge in [-0.15, -0.1) is 0 Å². The first-order chi connectivity index (χ1) is 7.63. The minimum absolute atomic E-state index is 0.339. The summed E-state index contributed by atoms with van der Waals surface area (Å²) in [5.74, 6) is -0.168. The van der Waals surface area contributed by atoms with Crippen LogP contribution in [0.5, 0.6) is 5.75 Å². The van der Waals surface area contributed by atoms with Gasteiger partial charge in [0.25, 0.3) is 11.8 Å². The van der Waals surface area contributed by atoms with Crippen LogP contribution in [-0.2, 0) is 9.59 Å². The Morgan fingerprint density at radius 3 is 2.31 bits per heavy atom. The molecule has 1 aliphatic rings. The van der Waals surface area contributed by atoms with Crippen LogP contribution in [0.1, 0.15) is 5.56 Å². The van der Waals surface area contributed by atoms with E-state index in [-0.39, 0.29) is 11.8 Å². The van der Waals surface area contributed by atoms with E-state index >= 15 is 0 Å². The molecule has 0 unspecified atom stereocenters. The van der Waals surface area contributed by atoms with Gasteiger partial charge in [0.15, 0.2) is 0 Å². The molecule has 4 heteroatoms. The Hall–Kier alpha value is -2.10. The van der Waals surface area contributed by atoms with Gasteiger partial charge in [-0.25, -0.2) is 4.90 Å². The van der Waals surface area contributed by atoms with Crippen molar-refractivity contribution in [1.82, 2.24) is 0 Å². The average Bonchev–Trinajstić information content (AvgIpc) is 2.58. The van der Waals surface area contributed by atoms with Crippen molar-refractivity contribution in [3.05, 3.63) is 35.9 Å². The number of methoxy groups -OCH3 is 1. The summed E-state index contributed by atoms with van der Waals surface area (Å²) in [6.45, 7) is 1.89. The largest absolute Gasteiger partial charge is 0.495 e. The smallest absolute Gasteiger partial charge is 0.258 e. The third-order valence-corrected chi connectivity index (χ3v) is 2.38. The molecule has 1 aromatic carbocycles. The predicted molar refractivity (Wildman–Crippen MR) is 59.4 cm³/mol. The summed E-state index contributed by atoms with van der Waals surface area (Å²) in [7, 11) is 1.51. The number of benzene rings is 1. The van der Waals surface area contributed by atoms with Gasteiger partial charge in [-0.3, -0.25) is 9.59 Å². The average molecular weight is 217 g/mol.